The molecule has 1 unspecified atom stereocenters. The lowest BCUT2D eigenvalue weighted by molar-refractivity contribution is 0.929. The van der Waals surface area contributed by atoms with Crippen molar-refractivity contribution in [2.45, 2.75) is 6.17 Å². The summed E-state index contributed by atoms with van der Waals surface area (Å²) in [4.78, 5) is 6.78. The fourth-order valence-electron chi connectivity index (χ4n) is 7.88. The van der Waals surface area contributed by atoms with Gasteiger partial charge in [-0.15, -0.1) is 0 Å². The van der Waals surface area contributed by atoms with Crippen LogP contribution in [0.2, 0.25) is 0 Å². The normalized spacial score (nSPS) is 14.6. The van der Waals surface area contributed by atoms with Crippen molar-refractivity contribution in [1.82, 2.24) is 4.98 Å². The van der Waals surface area contributed by atoms with E-state index in [0.29, 0.717) is 0 Å². The standard InChI is InChI=1S/C50H35N3/c1-3-11-34(12-4-1)43-30-47(38-13-5-2-6-14-38)50-52-49-46(40-26-20-35(21-27-40)41-17-10-28-51-32-41)29-42(31-48(49)53(50)33-43)36-22-24-39(25-23-36)45-19-9-16-37-15-7-8-18-44(37)45/h1-33,50,52H. The molecule has 1 atom stereocenters. The van der Waals surface area contributed by atoms with Gasteiger partial charge in [0.05, 0.1) is 11.4 Å². The number of aromatic nitrogens is 1. The average Bonchev–Trinajstić information content (AvgIpc) is 3.62. The second-order valence-corrected chi connectivity index (χ2v) is 13.7. The number of hydrogen-bond acceptors (Lipinski definition) is 3. The molecule has 3 nitrogen and oxygen atoms in total. The minimum absolute atomic E-state index is 0.0581. The zero-order valence-electron chi connectivity index (χ0n) is 29.0. The molecular formula is C50H35N3. The van der Waals surface area contributed by atoms with Crippen molar-refractivity contribution in [1.29, 1.82) is 0 Å². The molecule has 53 heavy (non-hydrogen) atoms. The summed E-state index contributed by atoms with van der Waals surface area (Å²) in [6.45, 7) is 0. The Morgan fingerprint density at radius 3 is 1.83 bits per heavy atom. The molecule has 0 saturated carbocycles. The third-order valence-electron chi connectivity index (χ3n) is 10.6. The molecule has 2 aliphatic heterocycles. The van der Waals surface area contributed by atoms with Crippen LogP contribution in [-0.4, -0.2) is 11.1 Å². The average molecular weight is 678 g/mol. The third kappa shape index (κ3) is 5.60. The Morgan fingerprint density at radius 1 is 0.472 bits per heavy atom. The Hall–Kier alpha value is -6.97. The minimum Gasteiger partial charge on any atom is -0.359 e. The zero-order valence-corrected chi connectivity index (χ0v) is 29.0. The number of rotatable bonds is 6. The van der Waals surface area contributed by atoms with E-state index in [4.69, 9.17) is 0 Å². The van der Waals surface area contributed by atoms with Gasteiger partial charge in [-0.25, -0.2) is 0 Å². The molecule has 0 amide bonds. The van der Waals surface area contributed by atoms with Crippen LogP contribution >= 0.6 is 0 Å². The van der Waals surface area contributed by atoms with Gasteiger partial charge in [0, 0.05) is 29.7 Å². The maximum absolute atomic E-state index is 4.35. The molecule has 0 aliphatic carbocycles. The first-order valence-corrected chi connectivity index (χ1v) is 18.1. The van der Waals surface area contributed by atoms with Gasteiger partial charge < -0.3 is 10.2 Å². The molecule has 0 radical (unpaired) electrons. The van der Waals surface area contributed by atoms with Crippen molar-refractivity contribution in [2.24, 2.45) is 0 Å². The maximum atomic E-state index is 4.35. The molecule has 0 spiro atoms. The van der Waals surface area contributed by atoms with Crippen molar-refractivity contribution < 1.29 is 0 Å². The topological polar surface area (TPSA) is 28.2 Å². The number of nitrogens with one attached hydrogen (secondary N) is 1. The number of anilines is 2. The van der Waals surface area contributed by atoms with Gasteiger partial charge >= 0.3 is 0 Å². The van der Waals surface area contributed by atoms with Gasteiger partial charge in [-0.3, -0.25) is 4.98 Å². The van der Waals surface area contributed by atoms with Crippen molar-refractivity contribution >= 4 is 33.3 Å². The summed E-state index contributed by atoms with van der Waals surface area (Å²) in [7, 11) is 0. The fraction of sp³-hybridized carbons (Fsp3) is 0.0200. The first kappa shape index (κ1) is 30.8. The molecule has 8 aromatic rings. The first-order chi connectivity index (χ1) is 26.3. The van der Waals surface area contributed by atoms with Gasteiger partial charge in [0.2, 0.25) is 0 Å². The Balaban J connectivity index is 1.12. The van der Waals surface area contributed by atoms with E-state index in [1.807, 2.05) is 18.5 Å². The van der Waals surface area contributed by atoms with Crippen LogP contribution in [-0.2, 0) is 0 Å². The van der Waals surface area contributed by atoms with E-state index in [9.17, 15) is 0 Å². The van der Waals surface area contributed by atoms with E-state index in [1.54, 1.807) is 0 Å². The predicted molar refractivity (Wildman–Crippen MR) is 222 cm³/mol. The number of benzene rings is 7. The second-order valence-electron chi connectivity index (χ2n) is 13.7. The van der Waals surface area contributed by atoms with Crippen molar-refractivity contribution in [3.8, 4) is 44.5 Å². The lowest BCUT2D eigenvalue weighted by atomic mass is 9.93. The largest absolute Gasteiger partial charge is 0.359 e. The maximum Gasteiger partial charge on any atom is 0.130 e. The molecule has 10 rings (SSSR count). The number of fused-ring (bicyclic) bond motifs is 4. The van der Waals surface area contributed by atoms with Crippen LogP contribution < -0.4 is 10.2 Å². The summed E-state index contributed by atoms with van der Waals surface area (Å²) in [5.41, 5.74) is 16.5. The summed E-state index contributed by atoms with van der Waals surface area (Å²) in [6, 6.07) is 63.4. The monoisotopic (exact) mass is 677 g/mol. The number of allylic oxidation sites excluding steroid dienone is 2. The van der Waals surface area contributed by atoms with Crippen LogP contribution in [0.1, 0.15) is 11.1 Å². The molecule has 0 fully saturated rings. The fourth-order valence-corrected chi connectivity index (χ4v) is 7.88. The number of pyridine rings is 1. The lowest BCUT2D eigenvalue weighted by Gasteiger charge is -2.31. The third-order valence-corrected chi connectivity index (χ3v) is 10.6. The van der Waals surface area contributed by atoms with Crippen molar-refractivity contribution in [2.75, 3.05) is 10.2 Å². The highest BCUT2D eigenvalue weighted by atomic mass is 15.3. The molecule has 0 bridgehead atoms. The zero-order chi connectivity index (χ0) is 35.1. The Bertz CT molecular complexity index is 2660. The number of hydrogen-bond donors (Lipinski definition) is 1. The highest BCUT2D eigenvalue weighted by Crippen LogP contribution is 2.50. The highest BCUT2D eigenvalue weighted by molar-refractivity contribution is 6.03. The lowest BCUT2D eigenvalue weighted by Crippen LogP contribution is -2.35. The van der Waals surface area contributed by atoms with Crippen LogP contribution in [0.5, 0.6) is 0 Å². The van der Waals surface area contributed by atoms with Gasteiger partial charge in [-0.05, 0) is 90.7 Å². The summed E-state index contributed by atoms with van der Waals surface area (Å²) in [6.07, 6.45) is 8.34. The van der Waals surface area contributed by atoms with Crippen molar-refractivity contribution in [3.63, 3.8) is 0 Å². The Labute approximate surface area is 309 Å². The molecule has 3 heterocycles. The molecule has 1 aromatic heterocycles. The minimum atomic E-state index is -0.0581. The van der Waals surface area contributed by atoms with Gasteiger partial charge in [0.25, 0.3) is 0 Å². The first-order valence-electron chi connectivity index (χ1n) is 18.1. The van der Waals surface area contributed by atoms with Crippen molar-refractivity contribution in [3.05, 3.63) is 212 Å². The van der Waals surface area contributed by atoms with Crippen LogP contribution in [0.4, 0.5) is 11.4 Å². The van der Waals surface area contributed by atoms with Gasteiger partial charge in [-0.2, -0.15) is 0 Å². The van der Waals surface area contributed by atoms with Gasteiger partial charge in [0.1, 0.15) is 6.17 Å². The molecule has 1 N–H and O–H groups in total. The molecule has 3 heteroatoms. The van der Waals surface area contributed by atoms with E-state index < -0.39 is 0 Å². The summed E-state index contributed by atoms with van der Waals surface area (Å²) >= 11 is 0. The van der Waals surface area contributed by atoms with Gasteiger partial charge in [0.15, 0.2) is 0 Å². The van der Waals surface area contributed by atoms with Crippen LogP contribution in [0.25, 0.3) is 66.4 Å². The Morgan fingerprint density at radius 2 is 1.09 bits per heavy atom. The van der Waals surface area contributed by atoms with Crippen LogP contribution in [0.3, 0.4) is 0 Å². The summed E-state index contributed by atoms with van der Waals surface area (Å²) < 4.78 is 0. The highest BCUT2D eigenvalue weighted by Gasteiger charge is 2.36. The quantitative estimate of drug-likeness (QED) is 0.190. The van der Waals surface area contributed by atoms with E-state index in [2.05, 4.69) is 197 Å². The summed E-state index contributed by atoms with van der Waals surface area (Å²) in [5, 5.41) is 6.52. The van der Waals surface area contributed by atoms with E-state index in [1.165, 1.54) is 60.9 Å². The molecule has 0 saturated heterocycles. The SMILES string of the molecule is C1=C(c2ccccc2)C=C(c2ccccc2)C2Nc3c(-c4ccc(-c5cccnc5)cc4)cc(-c4ccc(-c5cccc6ccccc56)cc4)cc3N12. The Kier molecular flexibility index (Phi) is 7.54. The smallest absolute Gasteiger partial charge is 0.130 e. The predicted octanol–water partition coefficient (Wildman–Crippen LogP) is 12.6. The number of nitrogens with zero attached hydrogens (tertiary/aromatic N) is 2. The van der Waals surface area contributed by atoms with Crippen LogP contribution in [0.15, 0.2) is 201 Å². The van der Waals surface area contributed by atoms with E-state index in [0.717, 1.165) is 28.1 Å². The molecule has 250 valence electrons. The summed E-state index contributed by atoms with van der Waals surface area (Å²) in [5.74, 6) is 0. The van der Waals surface area contributed by atoms with E-state index in [-0.39, 0.29) is 6.17 Å². The second kappa shape index (κ2) is 13.0. The molecular weight excluding hydrogens is 643 g/mol. The van der Waals surface area contributed by atoms with Gasteiger partial charge in [-0.1, -0.05) is 158 Å². The molecule has 7 aromatic carbocycles. The van der Waals surface area contributed by atoms with E-state index >= 15 is 0 Å². The van der Waals surface area contributed by atoms with Crippen LogP contribution in [0, 0.1) is 0 Å². The molecule has 2 aliphatic rings.